The lowest BCUT2D eigenvalue weighted by Crippen LogP contribution is -2.46. The number of carbonyl (C=O) groups excluding carboxylic acids is 1. The summed E-state index contributed by atoms with van der Waals surface area (Å²) in [5, 5.41) is 11.9. The van der Waals surface area contributed by atoms with Gasteiger partial charge in [0, 0.05) is 19.1 Å². The molecule has 4 N–H and O–H groups in total. The zero-order valence-corrected chi connectivity index (χ0v) is 11.9. The minimum Gasteiger partial charge on any atom is -0.479 e. The lowest BCUT2D eigenvalue weighted by molar-refractivity contribution is -0.142. The summed E-state index contributed by atoms with van der Waals surface area (Å²) in [6, 6.07) is 7.90. The lowest BCUT2D eigenvalue weighted by Gasteiger charge is -2.29. The molecule has 6 nitrogen and oxygen atoms in total. The van der Waals surface area contributed by atoms with E-state index in [4.69, 9.17) is 5.73 Å². The predicted molar refractivity (Wildman–Crippen MR) is 78.6 cm³/mol. The van der Waals surface area contributed by atoms with Gasteiger partial charge in [-0.3, -0.25) is 9.69 Å². The third-order valence-corrected chi connectivity index (χ3v) is 3.68. The SMILES string of the molecule is NC1CCN(CC(=O)NC(C(=O)O)c2ccccc2)CC1. The molecule has 0 bridgehead atoms. The van der Waals surface area contributed by atoms with E-state index in [9.17, 15) is 14.7 Å². The molecule has 2 rings (SSSR count). The molecule has 1 aromatic carbocycles. The van der Waals surface area contributed by atoms with Crippen molar-refractivity contribution in [2.45, 2.75) is 24.9 Å². The Morgan fingerprint density at radius 2 is 1.90 bits per heavy atom. The highest BCUT2D eigenvalue weighted by atomic mass is 16.4. The van der Waals surface area contributed by atoms with Gasteiger partial charge in [-0.1, -0.05) is 30.3 Å². The molecule has 0 aromatic heterocycles. The number of likely N-dealkylation sites (tertiary alicyclic amines) is 1. The average Bonchev–Trinajstić information content (AvgIpc) is 2.48. The topological polar surface area (TPSA) is 95.7 Å². The van der Waals surface area contributed by atoms with Gasteiger partial charge in [-0.25, -0.2) is 4.79 Å². The second kappa shape index (κ2) is 7.19. The smallest absolute Gasteiger partial charge is 0.330 e. The number of piperidine rings is 1. The van der Waals surface area contributed by atoms with Crippen LogP contribution in [0.2, 0.25) is 0 Å². The number of carboxylic acids is 1. The van der Waals surface area contributed by atoms with Crippen LogP contribution >= 0.6 is 0 Å². The molecule has 6 heteroatoms. The Hall–Kier alpha value is -1.92. The van der Waals surface area contributed by atoms with Crippen LogP contribution in [0.3, 0.4) is 0 Å². The second-order valence-electron chi connectivity index (χ2n) is 5.36. The molecule has 1 amide bonds. The van der Waals surface area contributed by atoms with E-state index in [-0.39, 0.29) is 18.5 Å². The summed E-state index contributed by atoms with van der Waals surface area (Å²) in [4.78, 5) is 25.4. The van der Waals surface area contributed by atoms with Gasteiger partial charge in [-0.15, -0.1) is 0 Å². The molecule has 0 aliphatic carbocycles. The molecule has 1 aromatic rings. The molecule has 0 saturated carbocycles. The van der Waals surface area contributed by atoms with Crippen molar-refractivity contribution in [3.8, 4) is 0 Å². The van der Waals surface area contributed by atoms with Gasteiger partial charge in [0.15, 0.2) is 6.04 Å². The first-order chi connectivity index (χ1) is 10.1. The van der Waals surface area contributed by atoms with Gasteiger partial charge in [0.05, 0.1) is 6.54 Å². The van der Waals surface area contributed by atoms with E-state index in [0.29, 0.717) is 5.56 Å². The quantitative estimate of drug-likeness (QED) is 0.727. The summed E-state index contributed by atoms with van der Waals surface area (Å²) in [6.07, 6.45) is 1.74. The highest BCUT2D eigenvalue weighted by Crippen LogP contribution is 2.13. The van der Waals surface area contributed by atoms with E-state index in [1.165, 1.54) is 0 Å². The Morgan fingerprint density at radius 3 is 2.48 bits per heavy atom. The largest absolute Gasteiger partial charge is 0.479 e. The van der Waals surface area contributed by atoms with Crippen LogP contribution in [0, 0.1) is 0 Å². The summed E-state index contributed by atoms with van der Waals surface area (Å²) in [6.45, 7) is 1.76. The van der Waals surface area contributed by atoms with E-state index in [1.807, 2.05) is 4.90 Å². The fourth-order valence-corrected chi connectivity index (χ4v) is 2.45. The lowest BCUT2D eigenvalue weighted by atomic mass is 10.1. The summed E-state index contributed by atoms with van der Waals surface area (Å²) in [5.41, 5.74) is 6.39. The molecule has 21 heavy (non-hydrogen) atoms. The monoisotopic (exact) mass is 291 g/mol. The van der Waals surface area contributed by atoms with Gasteiger partial charge in [0.2, 0.25) is 5.91 Å². The number of hydrogen-bond acceptors (Lipinski definition) is 4. The van der Waals surface area contributed by atoms with Gasteiger partial charge < -0.3 is 16.2 Å². The molecule has 114 valence electrons. The fraction of sp³-hybridized carbons (Fsp3) is 0.467. The van der Waals surface area contributed by atoms with Crippen LogP contribution in [0.25, 0.3) is 0 Å². The van der Waals surface area contributed by atoms with Crippen LogP contribution in [0.15, 0.2) is 30.3 Å². The minimum absolute atomic E-state index is 0.209. The molecule has 1 saturated heterocycles. The van der Waals surface area contributed by atoms with Crippen LogP contribution in [0.1, 0.15) is 24.4 Å². The first-order valence-corrected chi connectivity index (χ1v) is 7.11. The highest BCUT2D eigenvalue weighted by Gasteiger charge is 2.24. The summed E-state index contributed by atoms with van der Waals surface area (Å²) >= 11 is 0. The maximum absolute atomic E-state index is 12.0. The molecule has 0 radical (unpaired) electrons. The van der Waals surface area contributed by atoms with E-state index in [1.54, 1.807) is 30.3 Å². The first kappa shape index (κ1) is 15.5. The van der Waals surface area contributed by atoms with Gasteiger partial charge in [0.25, 0.3) is 0 Å². The normalized spacial score (nSPS) is 18.1. The maximum Gasteiger partial charge on any atom is 0.330 e. The van der Waals surface area contributed by atoms with Crippen LogP contribution in [0.5, 0.6) is 0 Å². The highest BCUT2D eigenvalue weighted by molar-refractivity contribution is 5.85. The molecule has 0 spiro atoms. The zero-order valence-electron chi connectivity index (χ0n) is 11.9. The number of nitrogens with zero attached hydrogens (tertiary/aromatic N) is 1. The van der Waals surface area contributed by atoms with Crippen LogP contribution in [-0.4, -0.2) is 47.6 Å². The van der Waals surface area contributed by atoms with Gasteiger partial charge in [-0.05, 0) is 18.4 Å². The summed E-state index contributed by atoms with van der Waals surface area (Å²) in [5.74, 6) is -1.34. The number of benzene rings is 1. The van der Waals surface area contributed by atoms with Gasteiger partial charge in [0.1, 0.15) is 0 Å². The fourth-order valence-electron chi connectivity index (χ4n) is 2.45. The Morgan fingerprint density at radius 1 is 1.29 bits per heavy atom. The van der Waals surface area contributed by atoms with E-state index in [2.05, 4.69) is 5.32 Å². The minimum atomic E-state index is -1.06. The Kier molecular flexibility index (Phi) is 5.30. The average molecular weight is 291 g/mol. The van der Waals surface area contributed by atoms with Crippen LogP contribution < -0.4 is 11.1 Å². The van der Waals surface area contributed by atoms with E-state index in [0.717, 1.165) is 25.9 Å². The van der Waals surface area contributed by atoms with Crippen molar-refractivity contribution in [3.63, 3.8) is 0 Å². The van der Waals surface area contributed by atoms with Crippen molar-refractivity contribution >= 4 is 11.9 Å². The number of nitrogens with one attached hydrogen (secondary N) is 1. The van der Waals surface area contributed by atoms with Crippen LogP contribution in [0.4, 0.5) is 0 Å². The Balaban J connectivity index is 1.91. The summed E-state index contributed by atoms with van der Waals surface area (Å²) in [7, 11) is 0. The van der Waals surface area contributed by atoms with Gasteiger partial charge in [-0.2, -0.15) is 0 Å². The number of amides is 1. The molecule has 1 heterocycles. The van der Waals surface area contributed by atoms with Crippen molar-refractivity contribution in [1.29, 1.82) is 0 Å². The molecule has 1 atom stereocenters. The molecule has 1 unspecified atom stereocenters. The number of carbonyl (C=O) groups is 2. The third kappa shape index (κ3) is 4.54. The third-order valence-electron chi connectivity index (χ3n) is 3.68. The second-order valence-corrected chi connectivity index (χ2v) is 5.36. The molecule has 1 aliphatic rings. The molecular weight excluding hydrogens is 270 g/mol. The number of hydrogen-bond donors (Lipinski definition) is 3. The van der Waals surface area contributed by atoms with E-state index >= 15 is 0 Å². The van der Waals surface area contributed by atoms with Crippen LogP contribution in [-0.2, 0) is 9.59 Å². The zero-order chi connectivity index (χ0) is 15.2. The van der Waals surface area contributed by atoms with Crippen molar-refractivity contribution in [1.82, 2.24) is 10.2 Å². The number of rotatable bonds is 5. The first-order valence-electron chi connectivity index (χ1n) is 7.11. The molecule has 1 fully saturated rings. The number of nitrogens with two attached hydrogens (primary N) is 1. The van der Waals surface area contributed by atoms with Crippen molar-refractivity contribution in [2.24, 2.45) is 5.73 Å². The maximum atomic E-state index is 12.0. The van der Waals surface area contributed by atoms with Crippen molar-refractivity contribution in [3.05, 3.63) is 35.9 Å². The predicted octanol–water partition coefficient (Wildman–Crippen LogP) is 0.352. The molecule has 1 aliphatic heterocycles. The molecular formula is C15H21N3O3. The number of carboxylic acid groups (broad SMARTS) is 1. The summed E-state index contributed by atoms with van der Waals surface area (Å²) < 4.78 is 0. The van der Waals surface area contributed by atoms with Crippen molar-refractivity contribution < 1.29 is 14.7 Å². The Bertz CT molecular complexity index is 484. The van der Waals surface area contributed by atoms with Gasteiger partial charge >= 0.3 is 5.97 Å². The number of aliphatic carboxylic acids is 1. The standard InChI is InChI=1S/C15H21N3O3/c16-12-6-8-18(9-7-12)10-13(19)17-14(15(20)21)11-4-2-1-3-5-11/h1-5,12,14H,6-10,16H2,(H,17,19)(H,20,21). The van der Waals surface area contributed by atoms with E-state index < -0.39 is 12.0 Å². The van der Waals surface area contributed by atoms with Crippen molar-refractivity contribution in [2.75, 3.05) is 19.6 Å². The Labute approximate surface area is 123 Å².